The lowest BCUT2D eigenvalue weighted by Gasteiger charge is -2.11. The van der Waals surface area contributed by atoms with Crippen LogP contribution in [0.15, 0.2) is 17.1 Å². The molecule has 2 heterocycles. The number of thioether (sulfide) groups is 1. The van der Waals surface area contributed by atoms with Gasteiger partial charge in [0, 0.05) is 13.2 Å². The lowest BCUT2D eigenvalue weighted by Crippen LogP contribution is -2.26. The van der Waals surface area contributed by atoms with Gasteiger partial charge in [0.05, 0.1) is 13.2 Å². The second-order valence-electron chi connectivity index (χ2n) is 3.29. The number of aromatic nitrogens is 2. The molecule has 0 saturated carbocycles. The third kappa shape index (κ3) is 2.21. The van der Waals surface area contributed by atoms with Gasteiger partial charge in [-0.2, -0.15) is 4.98 Å². The van der Waals surface area contributed by atoms with Crippen molar-refractivity contribution in [1.29, 1.82) is 0 Å². The number of ether oxygens (including phenoxy) is 1. The molecular formula is C9H13N3O3S. The minimum absolute atomic E-state index is 0.0437. The molecule has 0 radical (unpaired) electrons. The van der Waals surface area contributed by atoms with Gasteiger partial charge >= 0.3 is 5.69 Å². The van der Waals surface area contributed by atoms with Crippen molar-refractivity contribution in [3.8, 4) is 0 Å². The molecule has 2 atom stereocenters. The van der Waals surface area contributed by atoms with Gasteiger partial charge in [-0.25, -0.2) is 4.79 Å². The molecule has 1 aliphatic rings. The zero-order chi connectivity index (χ0) is 11.5. The summed E-state index contributed by atoms with van der Waals surface area (Å²) in [6, 6.07) is 1.73. The van der Waals surface area contributed by atoms with Crippen molar-refractivity contribution >= 4 is 17.6 Å². The van der Waals surface area contributed by atoms with E-state index in [0.717, 1.165) is 0 Å². The third-order valence-corrected chi connectivity index (χ3v) is 3.55. The molecule has 1 saturated heterocycles. The van der Waals surface area contributed by atoms with Crippen LogP contribution in [-0.4, -0.2) is 40.4 Å². The fraction of sp³-hybridized carbons (Fsp3) is 0.556. The lowest BCUT2D eigenvalue weighted by molar-refractivity contribution is 0.0803. The number of anilines is 1. The number of nitrogens with zero attached hydrogens (tertiary/aromatic N) is 2. The Morgan fingerprint density at radius 1 is 1.81 bits per heavy atom. The van der Waals surface area contributed by atoms with Gasteiger partial charge in [-0.1, -0.05) is 0 Å². The molecule has 7 heteroatoms. The van der Waals surface area contributed by atoms with E-state index < -0.39 is 0 Å². The van der Waals surface area contributed by atoms with E-state index >= 15 is 0 Å². The third-order valence-electron chi connectivity index (χ3n) is 2.28. The standard InChI is InChI=1S/C9H13N3O3S/c1-10-6-2-3-12(9(14)11-6)7-5-15-8(4-13)16-7/h2-3,7-8,13H,4-5H2,1H3,(H,10,11,14). The monoisotopic (exact) mass is 243 g/mol. The summed E-state index contributed by atoms with van der Waals surface area (Å²) < 4.78 is 6.81. The van der Waals surface area contributed by atoms with Gasteiger partial charge in [-0.3, -0.25) is 4.57 Å². The predicted octanol–water partition coefficient (Wildman–Crippen LogP) is -0.135. The summed E-state index contributed by atoms with van der Waals surface area (Å²) in [5, 5.41) is 11.6. The molecule has 1 aromatic rings. The van der Waals surface area contributed by atoms with Crippen LogP contribution in [0.5, 0.6) is 0 Å². The van der Waals surface area contributed by atoms with E-state index in [1.807, 2.05) is 0 Å². The maximum atomic E-state index is 11.7. The maximum Gasteiger partial charge on any atom is 0.350 e. The first-order chi connectivity index (χ1) is 7.74. The smallest absolute Gasteiger partial charge is 0.350 e. The molecule has 0 bridgehead atoms. The highest BCUT2D eigenvalue weighted by molar-refractivity contribution is 8.00. The van der Waals surface area contributed by atoms with Crippen molar-refractivity contribution < 1.29 is 9.84 Å². The molecular weight excluding hydrogens is 230 g/mol. The Balaban J connectivity index is 2.19. The van der Waals surface area contributed by atoms with Crippen LogP contribution in [0.2, 0.25) is 0 Å². The van der Waals surface area contributed by atoms with Crippen LogP contribution in [-0.2, 0) is 4.74 Å². The first-order valence-electron chi connectivity index (χ1n) is 4.89. The van der Waals surface area contributed by atoms with Crippen molar-refractivity contribution in [2.45, 2.75) is 10.8 Å². The highest BCUT2D eigenvalue weighted by atomic mass is 32.2. The summed E-state index contributed by atoms with van der Waals surface area (Å²) in [7, 11) is 1.71. The molecule has 88 valence electrons. The quantitative estimate of drug-likeness (QED) is 0.770. The molecule has 0 spiro atoms. The van der Waals surface area contributed by atoms with E-state index in [9.17, 15) is 4.79 Å². The van der Waals surface area contributed by atoms with Gasteiger partial charge < -0.3 is 15.2 Å². The molecule has 1 aliphatic heterocycles. The fourth-order valence-corrected chi connectivity index (χ4v) is 2.50. The van der Waals surface area contributed by atoms with Crippen molar-refractivity contribution in [3.05, 3.63) is 22.7 Å². The van der Waals surface area contributed by atoms with Gasteiger partial charge in [0.1, 0.15) is 16.6 Å². The highest BCUT2D eigenvalue weighted by Gasteiger charge is 2.27. The van der Waals surface area contributed by atoms with Gasteiger partial charge in [-0.05, 0) is 6.07 Å². The van der Waals surface area contributed by atoms with E-state index in [-0.39, 0.29) is 23.1 Å². The van der Waals surface area contributed by atoms with Gasteiger partial charge in [0.15, 0.2) is 0 Å². The van der Waals surface area contributed by atoms with Crippen LogP contribution in [0.25, 0.3) is 0 Å². The van der Waals surface area contributed by atoms with E-state index in [0.29, 0.717) is 12.4 Å². The number of rotatable bonds is 3. The van der Waals surface area contributed by atoms with Gasteiger partial charge in [0.2, 0.25) is 0 Å². The molecule has 6 nitrogen and oxygen atoms in total. The van der Waals surface area contributed by atoms with E-state index in [2.05, 4.69) is 10.3 Å². The van der Waals surface area contributed by atoms with Crippen molar-refractivity contribution in [2.24, 2.45) is 0 Å². The predicted molar refractivity (Wildman–Crippen MR) is 61.5 cm³/mol. The van der Waals surface area contributed by atoms with Crippen LogP contribution in [0, 0.1) is 0 Å². The largest absolute Gasteiger partial charge is 0.393 e. The average molecular weight is 243 g/mol. The summed E-state index contributed by atoms with van der Waals surface area (Å²) in [5.74, 6) is 0.545. The van der Waals surface area contributed by atoms with Crippen LogP contribution >= 0.6 is 11.8 Å². The van der Waals surface area contributed by atoms with Crippen LogP contribution < -0.4 is 11.0 Å². The van der Waals surface area contributed by atoms with Crippen molar-refractivity contribution in [3.63, 3.8) is 0 Å². The number of aliphatic hydroxyl groups excluding tert-OH is 1. The minimum Gasteiger partial charge on any atom is -0.393 e. The number of nitrogens with one attached hydrogen (secondary N) is 1. The van der Waals surface area contributed by atoms with E-state index in [1.165, 1.54) is 16.3 Å². The Hall–Kier alpha value is -1.05. The first kappa shape index (κ1) is 11.4. The molecule has 1 fully saturated rings. The molecule has 0 aromatic carbocycles. The van der Waals surface area contributed by atoms with Crippen LogP contribution in [0.1, 0.15) is 5.37 Å². The zero-order valence-electron chi connectivity index (χ0n) is 8.79. The summed E-state index contributed by atoms with van der Waals surface area (Å²) in [6.45, 7) is 0.369. The minimum atomic E-state index is -0.313. The molecule has 2 rings (SSSR count). The summed E-state index contributed by atoms with van der Waals surface area (Å²) in [4.78, 5) is 15.5. The van der Waals surface area contributed by atoms with Gasteiger partial charge in [0.25, 0.3) is 0 Å². The molecule has 0 aliphatic carbocycles. The Bertz CT molecular complexity index is 423. The number of aliphatic hydroxyl groups is 1. The highest BCUT2D eigenvalue weighted by Crippen LogP contribution is 2.34. The second-order valence-corrected chi connectivity index (χ2v) is 4.63. The fourth-order valence-electron chi connectivity index (χ4n) is 1.46. The Kier molecular flexibility index (Phi) is 3.47. The molecule has 1 aromatic heterocycles. The van der Waals surface area contributed by atoms with E-state index in [4.69, 9.17) is 9.84 Å². The van der Waals surface area contributed by atoms with Crippen molar-refractivity contribution in [2.75, 3.05) is 25.6 Å². The normalized spacial score (nSPS) is 24.6. The molecule has 0 amide bonds. The summed E-state index contributed by atoms with van der Waals surface area (Å²) >= 11 is 1.42. The molecule has 2 N–H and O–H groups in total. The Labute approximate surface area is 96.6 Å². The maximum absolute atomic E-state index is 11.7. The summed E-state index contributed by atoms with van der Waals surface area (Å²) in [6.07, 6.45) is 1.68. The Morgan fingerprint density at radius 2 is 2.62 bits per heavy atom. The van der Waals surface area contributed by atoms with Gasteiger partial charge in [-0.15, -0.1) is 11.8 Å². The van der Waals surface area contributed by atoms with Crippen LogP contribution in [0.3, 0.4) is 0 Å². The summed E-state index contributed by atoms with van der Waals surface area (Å²) in [5.41, 5.74) is -0.563. The first-order valence-corrected chi connectivity index (χ1v) is 5.83. The molecule has 2 unspecified atom stereocenters. The van der Waals surface area contributed by atoms with E-state index in [1.54, 1.807) is 19.3 Å². The van der Waals surface area contributed by atoms with Crippen LogP contribution in [0.4, 0.5) is 5.82 Å². The average Bonchev–Trinajstić information content (AvgIpc) is 2.77. The number of hydrogen-bond donors (Lipinski definition) is 2. The topological polar surface area (TPSA) is 76.4 Å². The zero-order valence-corrected chi connectivity index (χ0v) is 9.61. The number of hydrogen-bond acceptors (Lipinski definition) is 6. The Morgan fingerprint density at radius 3 is 3.19 bits per heavy atom. The lowest BCUT2D eigenvalue weighted by atomic mass is 10.5. The molecule has 16 heavy (non-hydrogen) atoms. The SMILES string of the molecule is CNc1ccn(C2COC(CO)S2)c(=O)n1. The second kappa shape index (κ2) is 4.86. The van der Waals surface area contributed by atoms with Crippen molar-refractivity contribution in [1.82, 2.24) is 9.55 Å².